The summed E-state index contributed by atoms with van der Waals surface area (Å²) in [5.41, 5.74) is 6.39. The Morgan fingerprint density at radius 2 is 2.00 bits per heavy atom. The van der Waals surface area contributed by atoms with E-state index in [0.29, 0.717) is 0 Å². The SMILES string of the molecule is CCCNCc1cncc(-c2cccc(C)c2C)c1. The quantitative estimate of drug-likeness (QED) is 0.819. The molecule has 1 N–H and O–H groups in total. The van der Waals surface area contributed by atoms with Crippen molar-refractivity contribution in [3.63, 3.8) is 0 Å². The molecule has 1 heterocycles. The lowest BCUT2D eigenvalue weighted by molar-refractivity contribution is 0.674. The van der Waals surface area contributed by atoms with Crippen LogP contribution in [0.15, 0.2) is 36.7 Å². The Labute approximate surface area is 115 Å². The Morgan fingerprint density at radius 3 is 2.79 bits per heavy atom. The first-order valence-corrected chi connectivity index (χ1v) is 6.93. The molecule has 2 aromatic rings. The zero-order valence-corrected chi connectivity index (χ0v) is 12.0. The van der Waals surface area contributed by atoms with Crippen LogP contribution in [0.3, 0.4) is 0 Å². The van der Waals surface area contributed by atoms with Gasteiger partial charge >= 0.3 is 0 Å². The fourth-order valence-electron chi connectivity index (χ4n) is 2.20. The minimum Gasteiger partial charge on any atom is -0.313 e. The van der Waals surface area contributed by atoms with E-state index < -0.39 is 0 Å². The second-order valence-electron chi connectivity index (χ2n) is 5.01. The maximum Gasteiger partial charge on any atom is 0.0346 e. The van der Waals surface area contributed by atoms with Gasteiger partial charge in [0.05, 0.1) is 0 Å². The number of nitrogens with one attached hydrogen (secondary N) is 1. The molecule has 0 spiro atoms. The number of aryl methyl sites for hydroxylation is 1. The Kier molecular flexibility index (Phi) is 4.69. The molecule has 0 atom stereocenters. The number of pyridine rings is 1. The predicted molar refractivity (Wildman–Crippen MR) is 81.1 cm³/mol. The molecule has 0 aliphatic rings. The van der Waals surface area contributed by atoms with Crippen LogP contribution in [0.5, 0.6) is 0 Å². The molecule has 0 unspecified atom stereocenters. The summed E-state index contributed by atoms with van der Waals surface area (Å²) in [5, 5.41) is 3.42. The average molecular weight is 254 g/mol. The van der Waals surface area contributed by atoms with Gasteiger partial charge in [-0.3, -0.25) is 4.98 Å². The predicted octanol–water partition coefficient (Wildman–Crippen LogP) is 3.87. The van der Waals surface area contributed by atoms with Crippen LogP contribution in [-0.4, -0.2) is 11.5 Å². The van der Waals surface area contributed by atoms with Crippen LogP contribution in [0.4, 0.5) is 0 Å². The number of rotatable bonds is 5. The highest BCUT2D eigenvalue weighted by Crippen LogP contribution is 2.25. The number of benzene rings is 1. The monoisotopic (exact) mass is 254 g/mol. The van der Waals surface area contributed by atoms with Crippen molar-refractivity contribution >= 4 is 0 Å². The van der Waals surface area contributed by atoms with Gasteiger partial charge in [0.25, 0.3) is 0 Å². The van der Waals surface area contributed by atoms with E-state index in [-0.39, 0.29) is 0 Å². The van der Waals surface area contributed by atoms with Gasteiger partial charge in [-0.15, -0.1) is 0 Å². The fraction of sp³-hybridized carbons (Fsp3) is 0.353. The molecule has 0 saturated carbocycles. The molecular formula is C17H22N2. The molecule has 0 amide bonds. The summed E-state index contributed by atoms with van der Waals surface area (Å²) in [6, 6.07) is 8.67. The second kappa shape index (κ2) is 6.48. The van der Waals surface area contributed by atoms with Gasteiger partial charge in [-0.2, -0.15) is 0 Å². The normalized spacial score (nSPS) is 10.7. The van der Waals surface area contributed by atoms with E-state index in [1.807, 2.05) is 12.4 Å². The first-order chi connectivity index (χ1) is 9.22. The van der Waals surface area contributed by atoms with Crippen molar-refractivity contribution < 1.29 is 0 Å². The van der Waals surface area contributed by atoms with Crippen LogP contribution in [0.1, 0.15) is 30.0 Å². The van der Waals surface area contributed by atoms with Gasteiger partial charge in [-0.05, 0) is 55.1 Å². The highest BCUT2D eigenvalue weighted by atomic mass is 14.8. The third-order valence-electron chi connectivity index (χ3n) is 3.47. The highest BCUT2D eigenvalue weighted by molar-refractivity contribution is 5.68. The third kappa shape index (κ3) is 3.42. The Bertz CT molecular complexity index is 547. The van der Waals surface area contributed by atoms with Crippen LogP contribution in [0.25, 0.3) is 11.1 Å². The van der Waals surface area contributed by atoms with Crippen molar-refractivity contribution in [1.29, 1.82) is 0 Å². The van der Waals surface area contributed by atoms with Crippen molar-refractivity contribution in [2.24, 2.45) is 0 Å². The topological polar surface area (TPSA) is 24.9 Å². The molecule has 19 heavy (non-hydrogen) atoms. The fourth-order valence-corrected chi connectivity index (χ4v) is 2.20. The van der Waals surface area contributed by atoms with Crippen molar-refractivity contribution in [2.75, 3.05) is 6.54 Å². The minimum atomic E-state index is 0.888. The number of hydrogen-bond acceptors (Lipinski definition) is 2. The molecule has 1 aromatic carbocycles. The molecule has 0 aliphatic heterocycles. The highest BCUT2D eigenvalue weighted by Gasteiger charge is 2.05. The van der Waals surface area contributed by atoms with Gasteiger partial charge in [-0.25, -0.2) is 0 Å². The van der Waals surface area contributed by atoms with Gasteiger partial charge in [-0.1, -0.05) is 25.1 Å². The maximum absolute atomic E-state index is 4.37. The number of nitrogens with zero attached hydrogens (tertiary/aromatic N) is 1. The van der Waals surface area contributed by atoms with E-state index >= 15 is 0 Å². The summed E-state index contributed by atoms with van der Waals surface area (Å²) in [4.78, 5) is 4.37. The summed E-state index contributed by atoms with van der Waals surface area (Å²) >= 11 is 0. The minimum absolute atomic E-state index is 0.888. The zero-order valence-electron chi connectivity index (χ0n) is 12.0. The van der Waals surface area contributed by atoms with E-state index in [1.54, 1.807) is 0 Å². The molecule has 2 nitrogen and oxygen atoms in total. The third-order valence-corrected chi connectivity index (χ3v) is 3.47. The Morgan fingerprint density at radius 1 is 1.16 bits per heavy atom. The molecule has 100 valence electrons. The molecule has 0 aliphatic carbocycles. The smallest absolute Gasteiger partial charge is 0.0346 e. The lowest BCUT2D eigenvalue weighted by Gasteiger charge is -2.10. The lowest BCUT2D eigenvalue weighted by Crippen LogP contribution is -2.13. The van der Waals surface area contributed by atoms with Crippen LogP contribution >= 0.6 is 0 Å². The van der Waals surface area contributed by atoms with Crippen molar-refractivity contribution in [3.05, 3.63) is 53.3 Å². The summed E-state index contributed by atoms with van der Waals surface area (Å²) in [7, 11) is 0. The molecular weight excluding hydrogens is 232 g/mol. The van der Waals surface area contributed by atoms with Crippen LogP contribution in [0, 0.1) is 13.8 Å². The molecule has 1 aromatic heterocycles. The van der Waals surface area contributed by atoms with E-state index in [1.165, 1.54) is 27.8 Å². The largest absolute Gasteiger partial charge is 0.313 e. The Hall–Kier alpha value is -1.67. The summed E-state index contributed by atoms with van der Waals surface area (Å²) in [6.45, 7) is 8.44. The van der Waals surface area contributed by atoms with Crippen LogP contribution < -0.4 is 5.32 Å². The van der Waals surface area contributed by atoms with Gasteiger partial charge in [0.15, 0.2) is 0 Å². The lowest BCUT2D eigenvalue weighted by atomic mass is 9.97. The summed E-state index contributed by atoms with van der Waals surface area (Å²) in [5.74, 6) is 0. The summed E-state index contributed by atoms with van der Waals surface area (Å²) in [6.07, 6.45) is 5.05. The molecule has 0 bridgehead atoms. The maximum atomic E-state index is 4.37. The first kappa shape index (κ1) is 13.8. The van der Waals surface area contributed by atoms with Gasteiger partial charge in [0, 0.05) is 24.5 Å². The van der Waals surface area contributed by atoms with Crippen molar-refractivity contribution in [2.45, 2.75) is 33.7 Å². The average Bonchev–Trinajstić information content (AvgIpc) is 2.43. The molecule has 2 heteroatoms. The Balaban J connectivity index is 2.25. The van der Waals surface area contributed by atoms with Crippen molar-refractivity contribution in [3.8, 4) is 11.1 Å². The molecule has 0 fully saturated rings. The molecule has 0 saturated heterocycles. The van der Waals surface area contributed by atoms with Gasteiger partial charge in [0.1, 0.15) is 0 Å². The number of aromatic nitrogens is 1. The van der Waals surface area contributed by atoms with E-state index in [9.17, 15) is 0 Å². The first-order valence-electron chi connectivity index (χ1n) is 6.93. The zero-order chi connectivity index (χ0) is 13.7. The number of hydrogen-bond donors (Lipinski definition) is 1. The van der Waals surface area contributed by atoms with E-state index in [0.717, 1.165) is 19.5 Å². The molecule has 2 rings (SSSR count). The standard InChI is InChI=1S/C17H22N2/c1-4-8-18-10-15-9-16(12-19-11-15)17-7-5-6-13(2)14(17)3/h5-7,9,11-12,18H,4,8,10H2,1-3H3. The van der Waals surface area contributed by atoms with Crippen molar-refractivity contribution in [1.82, 2.24) is 10.3 Å². The van der Waals surface area contributed by atoms with Crippen LogP contribution in [-0.2, 0) is 6.54 Å². The summed E-state index contributed by atoms with van der Waals surface area (Å²) < 4.78 is 0. The van der Waals surface area contributed by atoms with Crippen LogP contribution in [0.2, 0.25) is 0 Å². The van der Waals surface area contributed by atoms with E-state index in [2.05, 4.69) is 55.3 Å². The molecule has 0 radical (unpaired) electrons. The van der Waals surface area contributed by atoms with Gasteiger partial charge < -0.3 is 5.32 Å². The van der Waals surface area contributed by atoms with Gasteiger partial charge in [0.2, 0.25) is 0 Å². The second-order valence-corrected chi connectivity index (χ2v) is 5.01. The van der Waals surface area contributed by atoms with E-state index in [4.69, 9.17) is 0 Å².